The van der Waals surface area contributed by atoms with Gasteiger partial charge >= 0.3 is 0 Å². The Morgan fingerprint density at radius 2 is 1.76 bits per heavy atom. The van der Waals surface area contributed by atoms with Crippen LogP contribution in [-0.4, -0.2) is 37.3 Å². The highest BCUT2D eigenvalue weighted by Crippen LogP contribution is 2.34. The van der Waals surface area contributed by atoms with Gasteiger partial charge in [-0.1, -0.05) is 18.2 Å². The summed E-state index contributed by atoms with van der Waals surface area (Å²) in [4.78, 5) is 5.02. The fraction of sp³-hybridized carbons (Fsp3) is 0.231. The maximum Gasteiger partial charge on any atom is 0.270 e. The molecule has 1 unspecified atom stereocenters. The summed E-state index contributed by atoms with van der Waals surface area (Å²) in [6.07, 6.45) is 0.571. The van der Waals surface area contributed by atoms with Crippen LogP contribution >= 0.6 is 10.9 Å². The van der Waals surface area contributed by atoms with E-state index in [0.717, 1.165) is 33.5 Å². The minimum Gasteiger partial charge on any atom is -0.568 e. The van der Waals surface area contributed by atoms with Gasteiger partial charge in [0.05, 0.1) is 23.6 Å². The Hall–Kier alpha value is -3.46. The molecule has 0 saturated heterocycles. The molecule has 2 aromatic carbocycles. The zero-order valence-corrected chi connectivity index (χ0v) is 19.8. The number of aromatic hydroxyl groups is 1. The standard InChI is InChI=1S/C26H26N2O5S/c1-17-20(16-33-21-9-7-19(8-10-21)24-15-25(30)28-34(24)31)5-3-6-22(17)23-11-12-26(27-18(23)2)32-14-4-13-29/h3,5-12,15,29H,4,13-14,16H2,1-2H3,(H,28,30). The normalized spacial score (nSPS) is 11.5. The summed E-state index contributed by atoms with van der Waals surface area (Å²) in [5.74, 6) is 1.01. The number of nitrogens with zero attached hydrogens (tertiary/aromatic N) is 2. The van der Waals surface area contributed by atoms with Crippen molar-refractivity contribution in [2.75, 3.05) is 13.2 Å². The second-order valence-corrected chi connectivity index (χ2v) is 8.94. The first-order chi connectivity index (χ1) is 16.5. The fourth-order valence-electron chi connectivity index (χ4n) is 3.66. The first-order valence-corrected chi connectivity index (χ1v) is 12.0. The molecule has 0 aliphatic rings. The number of aliphatic hydroxyl groups excluding tert-OH is 1. The van der Waals surface area contributed by atoms with Gasteiger partial charge in [-0.05, 0) is 60.9 Å². The summed E-state index contributed by atoms with van der Waals surface area (Å²) in [5, 5.41) is 18.3. The van der Waals surface area contributed by atoms with E-state index in [9.17, 15) is 9.66 Å². The van der Waals surface area contributed by atoms with Crippen LogP contribution in [0.3, 0.4) is 0 Å². The molecule has 0 radical (unpaired) electrons. The molecular formula is C26H26N2O5S. The molecule has 0 saturated carbocycles. The number of aliphatic hydroxyl groups is 1. The monoisotopic (exact) mass is 478 g/mol. The molecule has 1 atom stereocenters. The molecule has 0 amide bonds. The van der Waals surface area contributed by atoms with Crippen molar-refractivity contribution >= 4 is 10.9 Å². The predicted molar refractivity (Wildman–Crippen MR) is 131 cm³/mol. The van der Waals surface area contributed by atoms with Crippen LogP contribution in [0, 0.1) is 13.8 Å². The SMILES string of the molecule is Cc1nc(OCCCO)ccc1-c1cccc(COc2ccc(-c3cc(O)n[s+]3[O-])cc2)c1C. The van der Waals surface area contributed by atoms with E-state index in [0.29, 0.717) is 36.1 Å². The van der Waals surface area contributed by atoms with Gasteiger partial charge in [0, 0.05) is 40.3 Å². The van der Waals surface area contributed by atoms with Crippen LogP contribution in [0.15, 0.2) is 60.7 Å². The first kappa shape index (κ1) is 23.7. The summed E-state index contributed by atoms with van der Waals surface area (Å²) >= 11 is 0. The number of benzene rings is 2. The van der Waals surface area contributed by atoms with Crippen molar-refractivity contribution in [1.29, 1.82) is 0 Å². The lowest BCUT2D eigenvalue weighted by Gasteiger charge is -2.15. The quantitative estimate of drug-likeness (QED) is 0.251. The Bertz CT molecular complexity index is 1270. The number of pyridine rings is 1. The Balaban J connectivity index is 1.47. The summed E-state index contributed by atoms with van der Waals surface area (Å²) in [7, 11) is -1.58. The third kappa shape index (κ3) is 5.36. The van der Waals surface area contributed by atoms with Gasteiger partial charge in [0.25, 0.3) is 5.88 Å². The third-order valence-corrected chi connectivity index (χ3v) is 6.59. The van der Waals surface area contributed by atoms with Gasteiger partial charge < -0.3 is 24.2 Å². The average Bonchev–Trinajstić information content (AvgIpc) is 3.17. The molecule has 7 nitrogen and oxygen atoms in total. The van der Waals surface area contributed by atoms with Gasteiger partial charge in [0.2, 0.25) is 10.8 Å². The smallest absolute Gasteiger partial charge is 0.270 e. The van der Waals surface area contributed by atoms with Crippen molar-refractivity contribution in [2.45, 2.75) is 26.9 Å². The van der Waals surface area contributed by atoms with Gasteiger partial charge in [0.1, 0.15) is 12.4 Å². The third-order valence-electron chi connectivity index (χ3n) is 5.51. The number of ether oxygens (including phenoxy) is 2. The molecule has 0 bridgehead atoms. The number of aromatic nitrogens is 2. The van der Waals surface area contributed by atoms with Crippen molar-refractivity contribution in [3.63, 3.8) is 0 Å². The van der Waals surface area contributed by atoms with E-state index >= 15 is 0 Å². The van der Waals surface area contributed by atoms with E-state index in [1.807, 2.05) is 43.3 Å². The van der Waals surface area contributed by atoms with Crippen LogP contribution in [0.2, 0.25) is 0 Å². The maximum absolute atomic E-state index is 11.9. The van der Waals surface area contributed by atoms with Crippen LogP contribution < -0.4 is 9.47 Å². The lowest BCUT2D eigenvalue weighted by Crippen LogP contribution is -2.03. The molecule has 0 aliphatic carbocycles. The fourth-order valence-corrected chi connectivity index (χ4v) is 4.53. The molecule has 34 heavy (non-hydrogen) atoms. The molecule has 176 valence electrons. The van der Waals surface area contributed by atoms with E-state index in [1.165, 1.54) is 6.07 Å². The lowest BCUT2D eigenvalue weighted by atomic mass is 9.96. The highest BCUT2D eigenvalue weighted by atomic mass is 32.2. The number of aryl methyl sites for hydroxylation is 1. The predicted octanol–water partition coefficient (Wildman–Crippen LogP) is 5.20. The molecular weight excluding hydrogens is 452 g/mol. The molecule has 4 rings (SSSR count). The second-order valence-electron chi connectivity index (χ2n) is 7.82. The van der Waals surface area contributed by atoms with Crippen molar-refractivity contribution in [2.24, 2.45) is 0 Å². The molecule has 0 spiro atoms. The molecule has 4 aromatic rings. The Morgan fingerprint density at radius 3 is 2.44 bits per heavy atom. The zero-order valence-electron chi connectivity index (χ0n) is 19.0. The van der Waals surface area contributed by atoms with Crippen LogP contribution in [0.1, 0.15) is 23.2 Å². The van der Waals surface area contributed by atoms with Gasteiger partial charge in [0.15, 0.2) is 0 Å². The van der Waals surface area contributed by atoms with Crippen LogP contribution in [0.5, 0.6) is 17.5 Å². The molecule has 2 N–H and O–H groups in total. The zero-order chi connectivity index (χ0) is 24.1. The molecule has 2 heterocycles. The largest absolute Gasteiger partial charge is 0.568 e. The lowest BCUT2D eigenvalue weighted by molar-refractivity contribution is 0.229. The minimum atomic E-state index is -1.58. The molecule has 0 fully saturated rings. The van der Waals surface area contributed by atoms with Gasteiger partial charge in [-0.3, -0.25) is 0 Å². The van der Waals surface area contributed by atoms with Gasteiger partial charge in [-0.15, -0.1) is 0 Å². The van der Waals surface area contributed by atoms with E-state index in [2.05, 4.69) is 22.3 Å². The summed E-state index contributed by atoms with van der Waals surface area (Å²) in [5.41, 5.74) is 5.87. The summed E-state index contributed by atoms with van der Waals surface area (Å²) in [6, 6.07) is 18.6. The first-order valence-electron chi connectivity index (χ1n) is 10.9. The summed E-state index contributed by atoms with van der Waals surface area (Å²) < 4.78 is 27.1. The van der Waals surface area contributed by atoms with Crippen LogP contribution in [0.4, 0.5) is 0 Å². The van der Waals surface area contributed by atoms with Crippen molar-refractivity contribution in [3.05, 3.63) is 77.5 Å². The molecule has 0 aliphatic heterocycles. The highest BCUT2D eigenvalue weighted by molar-refractivity contribution is 7.23. The van der Waals surface area contributed by atoms with E-state index in [1.54, 1.807) is 12.1 Å². The highest BCUT2D eigenvalue weighted by Gasteiger charge is 2.15. The van der Waals surface area contributed by atoms with E-state index < -0.39 is 10.9 Å². The molecule has 8 heteroatoms. The Morgan fingerprint density at radius 1 is 0.971 bits per heavy atom. The number of rotatable bonds is 9. The summed E-state index contributed by atoms with van der Waals surface area (Å²) in [6.45, 7) is 4.94. The maximum atomic E-state index is 11.9. The van der Waals surface area contributed by atoms with Crippen molar-refractivity contribution in [3.8, 4) is 39.1 Å². The topological polar surface area (TPSA) is 108 Å². The van der Waals surface area contributed by atoms with E-state index in [4.69, 9.17) is 14.6 Å². The number of hydrogen-bond acceptors (Lipinski definition) is 7. The minimum absolute atomic E-state index is 0.0911. The Labute approximate surface area is 201 Å². The van der Waals surface area contributed by atoms with Crippen LogP contribution in [-0.2, 0) is 6.61 Å². The van der Waals surface area contributed by atoms with Gasteiger partial charge in [-0.25, -0.2) is 4.98 Å². The van der Waals surface area contributed by atoms with Gasteiger partial charge in [-0.2, -0.15) is 0 Å². The number of hydrogen-bond donors (Lipinski definition) is 2. The van der Waals surface area contributed by atoms with Crippen molar-refractivity contribution < 1.29 is 24.2 Å². The second kappa shape index (κ2) is 10.6. The van der Waals surface area contributed by atoms with Crippen molar-refractivity contribution in [1.82, 2.24) is 9.36 Å². The van der Waals surface area contributed by atoms with Crippen LogP contribution in [0.25, 0.3) is 21.6 Å². The average molecular weight is 479 g/mol. The molecule has 2 aromatic heterocycles. The Kier molecular flexibility index (Phi) is 7.42. The van der Waals surface area contributed by atoms with E-state index in [-0.39, 0.29) is 12.5 Å².